The summed E-state index contributed by atoms with van der Waals surface area (Å²) in [5.74, 6) is -0.847. The van der Waals surface area contributed by atoms with E-state index >= 15 is 0 Å². The van der Waals surface area contributed by atoms with Gasteiger partial charge in [-0.3, -0.25) is 0 Å². The molecule has 0 aliphatic carbocycles. The minimum Gasteiger partial charge on any atom is -0.475 e. The molecule has 0 aliphatic heterocycles. The van der Waals surface area contributed by atoms with E-state index in [2.05, 4.69) is 7.05 Å². The van der Waals surface area contributed by atoms with Crippen LogP contribution in [0.2, 0.25) is 0 Å². The van der Waals surface area contributed by atoms with Crippen LogP contribution in [0.15, 0.2) is 18.2 Å². The Labute approximate surface area is 78.7 Å². The van der Waals surface area contributed by atoms with Gasteiger partial charge in [0.15, 0.2) is 0 Å². The van der Waals surface area contributed by atoms with Crippen LogP contribution in [-0.4, -0.2) is 0 Å². The molecule has 0 saturated carbocycles. The first-order valence-corrected chi connectivity index (χ1v) is 3.92. The van der Waals surface area contributed by atoms with Crippen LogP contribution in [-0.2, 0) is 12.7 Å². The average molecular weight is 207 g/mol. The highest BCUT2D eigenvalue weighted by Gasteiger charge is 2.34. The standard InChI is InChI=1S/C9H9F4N/c1-14-5-6-7(9(11,12)13)3-2-4-8(6)10/h2-4H,1,5,14H2. The van der Waals surface area contributed by atoms with Gasteiger partial charge in [0.05, 0.1) is 17.7 Å². The summed E-state index contributed by atoms with van der Waals surface area (Å²) in [4.78, 5) is 0. The number of halogens is 4. The maximum absolute atomic E-state index is 13.0. The molecular formula is C9H9F4N. The van der Waals surface area contributed by atoms with Crippen molar-refractivity contribution in [2.75, 3.05) is 0 Å². The maximum Gasteiger partial charge on any atom is 0.416 e. The van der Waals surface area contributed by atoms with Crippen LogP contribution >= 0.6 is 0 Å². The Hall–Kier alpha value is -1.10. The van der Waals surface area contributed by atoms with Crippen LogP contribution < -0.4 is 5.32 Å². The van der Waals surface area contributed by atoms with Crippen molar-refractivity contribution in [2.45, 2.75) is 12.7 Å². The third-order valence-corrected chi connectivity index (χ3v) is 1.77. The molecule has 0 aromatic heterocycles. The zero-order valence-electron chi connectivity index (χ0n) is 7.24. The topological polar surface area (TPSA) is 16.6 Å². The Balaban J connectivity index is 3.21. The second kappa shape index (κ2) is 3.96. The molecule has 0 atom stereocenters. The third-order valence-electron chi connectivity index (χ3n) is 1.77. The summed E-state index contributed by atoms with van der Waals surface area (Å²) in [7, 11) is 3.29. The summed E-state index contributed by atoms with van der Waals surface area (Å²) in [6.07, 6.45) is -4.51. The Kier molecular flexibility index (Phi) is 3.10. The minimum atomic E-state index is -4.51. The molecule has 1 nitrogen and oxygen atoms in total. The van der Waals surface area contributed by atoms with Gasteiger partial charge in [0.2, 0.25) is 0 Å². The number of hydrogen-bond donors (Lipinski definition) is 1. The highest BCUT2D eigenvalue weighted by Crippen LogP contribution is 2.32. The van der Waals surface area contributed by atoms with E-state index in [0.29, 0.717) is 0 Å². The summed E-state index contributed by atoms with van der Waals surface area (Å²) in [5.41, 5.74) is -1.28. The van der Waals surface area contributed by atoms with E-state index in [1.807, 2.05) is 0 Å². The van der Waals surface area contributed by atoms with Gasteiger partial charge in [-0.1, -0.05) is 6.07 Å². The van der Waals surface area contributed by atoms with Crippen molar-refractivity contribution in [3.63, 3.8) is 0 Å². The van der Waals surface area contributed by atoms with Gasteiger partial charge in [-0.05, 0) is 12.1 Å². The molecule has 14 heavy (non-hydrogen) atoms. The van der Waals surface area contributed by atoms with Crippen molar-refractivity contribution in [1.82, 2.24) is 0 Å². The van der Waals surface area contributed by atoms with E-state index in [0.717, 1.165) is 18.2 Å². The lowest BCUT2D eigenvalue weighted by molar-refractivity contribution is -0.612. The normalized spacial score (nSPS) is 11.8. The van der Waals surface area contributed by atoms with Crippen molar-refractivity contribution >= 4 is 0 Å². The lowest BCUT2D eigenvalue weighted by Gasteiger charge is -2.12. The van der Waals surface area contributed by atoms with Crippen LogP contribution in [0, 0.1) is 12.9 Å². The summed E-state index contributed by atoms with van der Waals surface area (Å²) in [6.45, 7) is -0.123. The van der Waals surface area contributed by atoms with Crippen LogP contribution in [0.1, 0.15) is 11.1 Å². The smallest absolute Gasteiger partial charge is 0.416 e. The van der Waals surface area contributed by atoms with Gasteiger partial charge in [-0.25, -0.2) is 4.39 Å². The monoisotopic (exact) mass is 207 g/mol. The van der Waals surface area contributed by atoms with Gasteiger partial charge in [0.25, 0.3) is 0 Å². The Morgan fingerprint density at radius 1 is 1.29 bits per heavy atom. The quantitative estimate of drug-likeness (QED) is 0.561. The number of alkyl halides is 3. The van der Waals surface area contributed by atoms with Crippen molar-refractivity contribution in [3.05, 3.63) is 42.2 Å². The fourth-order valence-corrected chi connectivity index (χ4v) is 1.18. The molecule has 0 unspecified atom stereocenters. The first kappa shape index (κ1) is 11.0. The second-order valence-electron chi connectivity index (χ2n) is 2.76. The first-order chi connectivity index (χ1) is 6.46. The number of rotatable bonds is 2. The van der Waals surface area contributed by atoms with Gasteiger partial charge in [0.1, 0.15) is 5.82 Å². The molecule has 0 fully saturated rings. The molecule has 0 heterocycles. The summed E-state index contributed by atoms with van der Waals surface area (Å²) < 4.78 is 50.1. The molecule has 0 saturated heterocycles. The maximum atomic E-state index is 13.0. The minimum absolute atomic E-state index is 0.123. The molecule has 0 spiro atoms. The molecule has 1 rings (SSSR count). The predicted octanol–water partition coefficient (Wildman–Crippen LogP) is 1.70. The van der Waals surface area contributed by atoms with E-state index in [1.54, 1.807) is 0 Å². The van der Waals surface area contributed by atoms with Gasteiger partial charge in [0, 0.05) is 0 Å². The number of hydrogen-bond acceptors (Lipinski definition) is 0. The Bertz CT molecular complexity index is 319. The number of nitrogens with two attached hydrogens (primary N) is 1. The molecule has 0 radical (unpaired) electrons. The fraction of sp³-hybridized carbons (Fsp3) is 0.222. The molecule has 0 bridgehead atoms. The highest BCUT2D eigenvalue weighted by atomic mass is 19.4. The van der Waals surface area contributed by atoms with Gasteiger partial charge >= 0.3 is 6.18 Å². The summed E-state index contributed by atoms with van der Waals surface area (Å²) >= 11 is 0. The molecule has 1 aromatic rings. The number of benzene rings is 1. The van der Waals surface area contributed by atoms with E-state index in [-0.39, 0.29) is 12.1 Å². The zero-order valence-corrected chi connectivity index (χ0v) is 7.24. The van der Waals surface area contributed by atoms with Crippen LogP contribution in [0.4, 0.5) is 17.6 Å². The third kappa shape index (κ3) is 2.23. The number of quaternary nitrogens is 1. The molecule has 1 aromatic carbocycles. The van der Waals surface area contributed by atoms with E-state index in [4.69, 9.17) is 0 Å². The van der Waals surface area contributed by atoms with Gasteiger partial charge < -0.3 is 5.32 Å². The summed E-state index contributed by atoms with van der Waals surface area (Å²) in [6, 6.07) is 2.92. The largest absolute Gasteiger partial charge is 0.475 e. The van der Waals surface area contributed by atoms with Crippen molar-refractivity contribution in [1.29, 1.82) is 0 Å². The lowest BCUT2D eigenvalue weighted by atomic mass is 10.1. The molecular weight excluding hydrogens is 198 g/mol. The van der Waals surface area contributed by atoms with Crippen LogP contribution in [0.25, 0.3) is 0 Å². The van der Waals surface area contributed by atoms with Crippen molar-refractivity contribution < 1.29 is 22.9 Å². The molecule has 0 aliphatic rings. The van der Waals surface area contributed by atoms with E-state index < -0.39 is 17.6 Å². The van der Waals surface area contributed by atoms with Crippen LogP contribution in [0.3, 0.4) is 0 Å². The van der Waals surface area contributed by atoms with Crippen LogP contribution in [0.5, 0.6) is 0 Å². The summed E-state index contributed by atoms with van der Waals surface area (Å²) in [5, 5.41) is 1.24. The van der Waals surface area contributed by atoms with Crippen molar-refractivity contribution in [3.8, 4) is 0 Å². The van der Waals surface area contributed by atoms with Gasteiger partial charge in [-0.15, -0.1) is 0 Å². The SMILES string of the molecule is [CH2-][NH2+]Cc1c(F)cccc1C(F)(F)F. The average Bonchev–Trinajstić information content (AvgIpc) is 2.07. The predicted molar refractivity (Wildman–Crippen MR) is 42.4 cm³/mol. The first-order valence-electron chi connectivity index (χ1n) is 3.92. The fourth-order valence-electron chi connectivity index (χ4n) is 1.18. The van der Waals surface area contributed by atoms with E-state index in [1.165, 1.54) is 5.32 Å². The Morgan fingerprint density at radius 3 is 2.43 bits per heavy atom. The molecule has 0 amide bonds. The molecule has 5 heteroatoms. The zero-order chi connectivity index (χ0) is 10.8. The van der Waals surface area contributed by atoms with E-state index in [9.17, 15) is 17.6 Å². The van der Waals surface area contributed by atoms with Gasteiger partial charge in [-0.2, -0.15) is 20.2 Å². The molecule has 78 valence electrons. The van der Waals surface area contributed by atoms with Crippen molar-refractivity contribution in [2.24, 2.45) is 0 Å². The lowest BCUT2D eigenvalue weighted by Crippen LogP contribution is -2.75. The molecule has 2 N–H and O–H groups in total. The second-order valence-corrected chi connectivity index (χ2v) is 2.76. The Morgan fingerprint density at radius 2 is 1.93 bits per heavy atom. The highest BCUT2D eigenvalue weighted by molar-refractivity contribution is 5.30.